The van der Waals surface area contributed by atoms with Crippen molar-refractivity contribution in [2.24, 2.45) is 0 Å². The van der Waals surface area contributed by atoms with Crippen LogP contribution in [0.4, 0.5) is 5.82 Å². The molecular formula is C28H32N6O4. The molecule has 1 aromatic carbocycles. The normalized spacial score (nSPS) is 17.6. The van der Waals surface area contributed by atoms with Gasteiger partial charge in [0.25, 0.3) is 0 Å². The van der Waals surface area contributed by atoms with Crippen molar-refractivity contribution in [3.8, 4) is 0 Å². The largest absolute Gasteiger partial charge is 0.481 e. The highest BCUT2D eigenvalue weighted by Gasteiger charge is 2.33. The molecule has 2 unspecified atom stereocenters. The summed E-state index contributed by atoms with van der Waals surface area (Å²) in [6, 6.07) is 12.7. The van der Waals surface area contributed by atoms with Crippen molar-refractivity contribution in [1.82, 2.24) is 25.5 Å². The molecule has 2 aliphatic rings. The van der Waals surface area contributed by atoms with E-state index >= 15 is 0 Å². The summed E-state index contributed by atoms with van der Waals surface area (Å²) in [6.07, 6.45) is 4.53. The fourth-order valence-corrected chi connectivity index (χ4v) is 5.12. The Morgan fingerprint density at radius 1 is 1.21 bits per heavy atom. The third kappa shape index (κ3) is 6.25. The molecule has 198 valence electrons. The number of rotatable bonds is 10. The Kier molecular flexibility index (Phi) is 7.78. The molecule has 0 aliphatic carbocycles. The van der Waals surface area contributed by atoms with E-state index in [1.165, 1.54) is 10.5 Å². The number of benzene rings is 1. The number of aromatic nitrogens is 2. The highest BCUT2D eigenvalue weighted by Crippen LogP contribution is 2.20. The first-order valence-electron chi connectivity index (χ1n) is 13.0. The van der Waals surface area contributed by atoms with E-state index < -0.39 is 12.0 Å². The Labute approximate surface area is 220 Å². The number of aryl methyl sites for hydroxylation is 1. The molecule has 0 spiro atoms. The molecule has 2 aromatic heterocycles. The first kappa shape index (κ1) is 25.6. The number of carboxylic acid groups (broad SMARTS) is 1. The maximum atomic E-state index is 12.9. The summed E-state index contributed by atoms with van der Waals surface area (Å²) in [4.78, 5) is 47.8. The van der Waals surface area contributed by atoms with Crippen LogP contribution >= 0.6 is 0 Å². The van der Waals surface area contributed by atoms with Crippen molar-refractivity contribution in [3.05, 3.63) is 65.5 Å². The van der Waals surface area contributed by atoms with E-state index in [-0.39, 0.29) is 30.8 Å². The minimum Gasteiger partial charge on any atom is -0.481 e. The van der Waals surface area contributed by atoms with Gasteiger partial charge in [0.2, 0.25) is 11.8 Å². The van der Waals surface area contributed by atoms with Crippen LogP contribution in [-0.2, 0) is 33.8 Å². The Morgan fingerprint density at radius 3 is 2.95 bits per heavy atom. The number of nitrogens with one attached hydrogen (secondary N) is 3. The number of nitrogens with zero attached hydrogens (tertiary/aromatic N) is 3. The first-order chi connectivity index (χ1) is 18.4. The Balaban J connectivity index is 1.14. The van der Waals surface area contributed by atoms with Crippen molar-refractivity contribution in [1.29, 1.82) is 0 Å². The number of anilines is 1. The van der Waals surface area contributed by atoms with Crippen LogP contribution < -0.4 is 16.0 Å². The number of carbonyl (C=O) groups is 3. The van der Waals surface area contributed by atoms with Crippen LogP contribution in [0.3, 0.4) is 0 Å². The second-order valence-corrected chi connectivity index (χ2v) is 9.93. The number of aliphatic carboxylic acids is 1. The molecule has 3 aromatic rings. The Bertz CT molecular complexity index is 1350. The van der Waals surface area contributed by atoms with E-state index in [9.17, 15) is 19.5 Å². The average molecular weight is 517 g/mol. The van der Waals surface area contributed by atoms with Gasteiger partial charge < -0.3 is 26.0 Å². The molecule has 1 fully saturated rings. The van der Waals surface area contributed by atoms with Gasteiger partial charge >= 0.3 is 5.97 Å². The van der Waals surface area contributed by atoms with Gasteiger partial charge in [-0.3, -0.25) is 19.4 Å². The zero-order chi connectivity index (χ0) is 26.5. The van der Waals surface area contributed by atoms with E-state index in [1.807, 2.05) is 36.4 Å². The summed E-state index contributed by atoms with van der Waals surface area (Å²) in [5, 5.41) is 19.7. The molecule has 2 atom stereocenters. The standard InChI is InChI=1S/C28H32N6O4/c35-25(32-22(14-26(36)37)13-18-12-20-4-1-2-6-23(20)30-15-18)17-34-11-9-24(28(34)38)31-16-21-8-7-19-5-3-10-29-27(19)33-21/h1-2,4,6-8,12,15,22,24,31H,3,5,9-11,13-14,16-17H2,(H,29,33)(H,32,35)(H,36,37). The molecular weight excluding hydrogens is 484 g/mol. The lowest BCUT2D eigenvalue weighted by Crippen LogP contribution is -2.46. The maximum absolute atomic E-state index is 12.9. The van der Waals surface area contributed by atoms with Crippen molar-refractivity contribution < 1.29 is 19.5 Å². The average Bonchev–Trinajstić information content (AvgIpc) is 3.25. The third-order valence-electron chi connectivity index (χ3n) is 7.03. The van der Waals surface area contributed by atoms with E-state index in [4.69, 9.17) is 0 Å². The number of hydrogen-bond acceptors (Lipinski definition) is 7. The van der Waals surface area contributed by atoms with Gasteiger partial charge in [-0.15, -0.1) is 0 Å². The number of hydrogen-bond donors (Lipinski definition) is 4. The fourth-order valence-electron chi connectivity index (χ4n) is 5.12. The SMILES string of the molecule is O=C(O)CC(Cc1cnc2ccccc2c1)NC(=O)CN1CCC(NCc2ccc3c(n2)NCCC3)C1=O. The topological polar surface area (TPSA) is 137 Å². The molecule has 2 amide bonds. The molecule has 0 radical (unpaired) electrons. The van der Waals surface area contributed by atoms with E-state index in [0.29, 0.717) is 25.9 Å². The van der Waals surface area contributed by atoms with Crippen LogP contribution in [0, 0.1) is 0 Å². The van der Waals surface area contributed by atoms with Crippen molar-refractivity contribution >= 4 is 34.5 Å². The molecule has 4 heterocycles. The lowest BCUT2D eigenvalue weighted by atomic mass is 10.0. The second-order valence-electron chi connectivity index (χ2n) is 9.93. The summed E-state index contributed by atoms with van der Waals surface area (Å²) in [7, 11) is 0. The zero-order valence-corrected chi connectivity index (χ0v) is 21.2. The van der Waals surface area contributed by atoms with Crippen LogP contribution in [0.25, 0.3) is 10.9 Å². The number of carboxylic acids is 1. The quantitative estimate of drug-likeness (QED) is 0.321. The molecule has 2 aliphatic heterocycles. The summed E-state index contributed by atoms with van der Waals surface area (Å²) in [5.74, 6) is -0.593. The van der Waals surface area contributed by atoms with Gasteiger partial charge in [0.15, 0.2) is 0 Å². The van der Waals surface area contributed by atoms with Crippen LogP contribution in [0.15, 0.2) is 48.7 Å². The molecule has 10 heteroatoms. The number of para-hydroxylation sites is 1. The van der Waals surface area contributed by atoms with Gasteiger partial charge in [-0.2, -0.15) is 0 Å². The number of pyridine rings is 2. The molecule has 38 heavy (non-hydrogen) atoms. The van der Waals surface area contributed by atoms with Crippen LogP contribution in [0.1, 0.15) is 36.1 Å². The summed E-state index contributed by atoms with van der Waals surface area (Å²) in [5.41, 5.74) is 3.77. The fraction of sp³-hybridized carbons (Fsp3) is 0.393. The summed E-state index contributed by atoms with van der Waals surface area (Å²) in [6.45, 7) is 1.73. The maximum Gasteiger partial charge on any atom is 0.305 e. The van der Waals surface area contributed by atoms with E-state index in [0.717, 1.165) is 47.4 Å². The minimum absolute atomic E-state index is 0.107. The van der Waals surface area contributed by atoms with Crippen LogP contribution in [0.5, 0.6) is 0 Å². The molecule has 1 saturated heterocycles. The van der Waals surface area contributed by atoms with E-state index in [1.54, 1.807) is 6.20 Å². The van der Waals surface area contributed by atoms with Crippen LogP contribution in [0.2, 0.25) is 0 Å². The van der Waals surface area contributed by atoms with E-state index in [2.05, 4.69) is 32.0 Å². The monoisotopic (exact) mass is 516 g/mol. The number of fused-ring (bicyclic) bond motifs is 2. The van der Waals surface area contributed by atoms with Crippen molar-refractivity contribution in [2.75, 3.05) is 25.0 Å². The Hall–Kier alpha value is -4.05. The number of likely N-dealkylation sites (tertiary alicyclic amines) is 1. The third-order valence-corrected chi connectivity index (χ3v) is 7.03. The predicted molar refractivity (Wildman–Crippen MR) is 143 cm³/mol. The molecule has 0 bridgehead atoms. The number of carbonyl (C=O) groups excluding carboxylic acids is 2. The molecule has 10 nitrogen and oxygen atoms in total. The predicted octanol–water partition coefficient (Wildman–Crippen LogP) is 1.88. The van der Waals surface area contributed by atoms with Crippen molar-refractivity contribution in [3.63, 3.8) is 0 Å². The molecule has 4 N–H and O–H groups in total. The first-order valence-corrected chi connectivity index (χ1v) is 13.0. The molecule has 0 saturated carbocycles. The lowest BCUT2D eigenvalue weighted by molar-refractivity contribution is -0.138. The molecule has 5 rings (SSSR count). The summed E-state index contributed by atoms with van der Waals surface area (Å²) >= 11 is 0. The zero-order valence-electron chi connectivity index (χ0n) is 21.2. The number of amides is 2. The smallest absolute Gasteiger partial charge is 0.305 e. The van der Waals surface area contributed by atoms with Gasteiger partial charge in [-0.1, -0.05) is 24.3 Å². The lowest BCUT2D eigenvalue weighted by Gasteiger charge is -2.21. The highest BCUT2D eigenvalue weighted by molar-refractivity contribution is 5.89. The van der Waals surface area contributed by atoms with Gasteiger partial charge in [-0.05, 0) is 55.0 Å². The minimum atomic E-state index is -1.00. The van der Waals surface area contributed by atoms with Gasteiger partial charge in [-0.25, -0.2) is 4.98 Å². The summed E-state index contributed by atoms with van der Waals surface area (Å²) < 4.78 is 0. The van der Waals surface area contributed by atoms with Crippen LogP contribution in [-0.4, -0.2) is 69.5 Å². The van der Waals surface area contributed by atoms with Gasteiger partial charge in [0, 0.05) is 37.3 Å². The highest BCUT2D eigenvalue weighted by atomic mass is 16.4. The van der Waals surface area contributed by atoms with Crippen molar-refractivity contribution in [2.45, 2.75) is 50.7 Å². The van der Waals surface area contributed by atoms with Gasteiger partial charge in [0.1, 0.15) is 5.82 Å². The Morgan fingerprint density at radius 2 is 2.08 bits per heavy atom. The van der Waals surface area contributed by atoms with Gasteiger partial charge in [0.05, 0.1) is 30.2 Å². The second kappa shape index (κ2) is 11.6.